The Labute approximate surface area is 92.3 Å². The molecule has 2 aromatic rings. The van der Waals surface area contributed by atoms with Crippen LogP contribution in [0.5, 0.6) is 0 Å². The number of H-pyrrole nitrogens is 1. The van der Waals surface area contributed by atoms with Gasteiger partial charge in [-0.25, -0.2) is 9.97 Å². The standard InChI is InChI=1S/C10H12N3O2P/c1-6-12-8-7(4-5-11-9(8)14)10(13-6)16(2,3)15/h4-5H,1-3H3,(H,11,14). The zero-order chi connectivity index (χ0) is 11.9. The minimum atomic E-state index is -2.51. The minimum Gasteiger partial charge on any atom is -0.327 e. The Bertz CT molecular complexity index is 657. The predicted octanol–water partition coefficient (Wildman–Crippen LogP) is 0.875. The number of nitrogens with zero attached hydrogens (tertiary/aromatic N) is 2. The van der Waals surface area contributed by atoms with E-state index in [1.54, 1.807) is 26.3 Å². The van der Waals surface area contributed by atoms with Gasteiger partial charge in [-0.2, -0.15) is 0 Å². The van der Waals surface area contributed by atoms with Crippen molar-refractivity contribution in [1.82, 2.24) is 15.0 Å². The number of hydrogen-bond donors (Lipinski definition) is 1. The Balaban J connectivity index is 3.01. The smallest absolute Gasteiger partial charge is 0.274 e. The number of hydrogen-bond acceptors (Lipinski definition) is 4. The summed E-state index contributed by atoms with van der Waals surface area (Å²) in [7, 11) is -2.51. The second-order valence-electron chi connectivity index (χ2n) is 4.01. The van der Waals surface area contributed by atoms with Crippen LogP contribution in [0, 0.1) is 6.92 Å². The number of rotatable bonds is 1. The highest BCUT2D eigenvalue weighted by Gasteiger charge is 2.18. The summed E-state index contributed by atoms with van der Waals surface area (Å²) in [5.74, 6) is 0.461. The third kappa shape index (κ3) is 1.78. The van der Waals surface area contributed by atoms with E-state index in [1.165, 1.54) is 6.20 Å². The summed E-state index contributed by atoms with van der Waals surface area (Å²) in [5.41, 5.74) is 0.493. The van der Waals surface area contributed by atoms with Gasteiger partial charge in [0.25, 0.3) is 5.56 Å². The highest BCUT2D eigenvalue weighted by Crippen LogP contribution is 2.35. The van der Waals surface area contributed by atoms with Crippen LogP contribution in [0.4, 0.5) is 0 Å². The van der Waals surface area contributed by atoms with Crippen molar-refractivity contribution in [3.05, 3.63) is 28.4 Å². The van der Waals surface area contributed by atoms with Gasteiger partial charge in [-0.15, -0.1) is 0 Å². The van der Waals surface area contributed by atoms with Crippen molar-refractivity contribution >= 4 is 23.5 Å². The van der Waals surface area contributed by atoms with Crippen molar-refractivity contribution in [2.24, 2.45) is 0 Å². The fourth-order valence-electron chi connectivity index (χ4n) is 1.57. The van der Waals surface area contributed by atoms with E-state index in [-0.39, 0.29) is 5.56 Å². The van der Waals surface area contributed by atoms with Crippen LogP contribution in [0.25, 0.3) is 10.9 Å². The molecule has 6 heteroatoms. The molecule has 0 spiro atoms. The zero-order valence-electron chi connectivity index (χ0n) is 9.31. The van der Waals surface area contributed by atoms with Gasteiger partial charge in [0, 0.05) is 11.6 Å². The lowest BCUT2D eigenvalue weighted by Gasteiger charge is -2.09. The van der Waals surface area contributed by atoms with Gasteiger partial charge in [0.2, 0.25) is 0 Å². The number of aromatic nitrogens is 3. The monoisotopic (exact) mass is 237 g/mol. The fraction of sp³-hybridized carbons (Fsp3) is 0.300. The summed E-state index contributed by atoms with van der Waals surface area (Å²) in [6.07, 6.45) is 1.52. The summed E-state index contributed by atoms with van der Waals surface area (Å²) < 4.78 is 12.1. The molecule has 0 aliphatic carbocycles. The van der Waals surface area contributed by atoms with Crippen molar-refractivity contribution in [3.8, 4) is 0 Å². The molecule has 0 aromatic carbocycles. The predicted molar refractivity (Wildman–Crippen MR) is 64.0 cm³/mol. The SMILES string of the molecule is Cc1nc(P(C)(C)=O)c2cc[nH]c(=O)c2n1. The lowest BCUT2D eigenvalue weighted by atomic mass is 10.3. The molecule has 16 heavy (non-hydrogen) atoms. The summed E-state index contributed by atoms with van der Waals surface area (Å²) in [4.78, 5) is 22.4. The molecule has 2 heterocycles. The van der Waals surface area contributed by atoms with E-state index >= 15 is 0 Å². The van der Waals surface area contributed by atoms with Gasteiger partial charge in [0.1, 0.15) is 23.9 Å². The first-order chi connectivity index (χ1) is 7.39. The maximum atomic E-state index is 12.1. The molecular formula is C10H12N3O2P. The second-order valence-corrected chi connectivity index (χ2v) is 7.14. The molecular weight excluding hydrogens is 225 g/mol. The molecule has 2 rings (SSSR count). The molecule has 0 radical (unpaired) electrons. The van der Waals surface area contributed by atoms with E-state index in [1.807, 2.05) is 0 Å². The molecule has 0 saturated carbocycles. The quantitative estimate of drug-likeness (QED) is 0.747. The molecule has 0 unspecified atom stereocenters. The highest BCUT2D eigenvalue weighted by atomic mass is 31.2. The molecule has 2 aromatic heterocycles. The Morgan fingerprint density at radius 2 is 2.00 bits per heavy atom. The molecule has 0 aliphatic heterocycles. The van der Waals surface area contributed by atoms with Crippen LogP contribution in [-0.4, -0.2) is 28.3 Å². The van der Waals surface area contributed by atoms with Crippen LogP contribution >= 0.6 is 7.14 Å². The van der Waals surface area contributed by atoms with Crippen molar-refractivity contribution in [3.63, 3.8) is 0 Å². The van der Waals surface area contributed by atoms with Gasteiger partial charge < -0.3 is 9.55 Å². The maximum Gasteiger partial charge on any atom is 0.274 e. The molecule has 0 atom stereocenters. The number of aryl methyl sites for hydroxylation is 1. The summed E-state index contributed by atoms with van der Waals surface area (Å²) in [5, 5.41) is 0.572. The first-order valence-electron chi connectivity index (χ1n) is 4.81. The minimum absolute atomic E-state index is 0.280. The largest absolute Gasteiger partial charge is 0.327 e. The van der Waals surface area contributed by atoms with Crippen molar-refractivity contribution in [2.75, 3.05) is 13.3 Å². The molecule has 0 bridgehead atoms. The molecule has 1 N–H and O–H groups in total. The van der Waals surface area contributed by atoms with Gasteiger partial charge in [-0.05, 0) is 26.3 Å². The highest BCUT2D eigenvalue weighted by molar-refractivity contribution is 7.70. The fourth-order valence-corrected chi connectivity index (χ4v) is 2.72. The molecule has 0 fully saturated rings. The summed E-state index contributed by atoms with van der Waals surface area (Å²) >= 11 is 0. The van der Waals surface area contributed by atoms with Gasteiger partial charge in [0.15, 0.2) is 0 Å². The topological polar surface area (TPSA) is 75.7 Å². The van der Waals surface area contributed by atoms with E-state index in [0.717, 1.165) is 0 Å². The third-order valence-corrected chi connectivity index (χ3v) is 3.59. The van der Waals surface area contributed by atoms with Crippen molar-refractivity contribution in [1.29, 1.82) is 0 Å². The van der Waals surface area contributed by atoms with E-state index in [2.05, 4.69) is 15.0 Å². The van der Waals surface area contributed by atoms with Crippen molar-refractivity contribution < 1.29 is 4.57 Å². The van der Waals surface area contributed by atoms with Gasteiger partial charge in [0.05, 0.1) is 0 Å². The van der Waals surface area contributed by atoms with Crippen LogP contribution in [0.1, 0.15) is 5.82 Å². The van der Waals surface area contributed by atoms with Crippen LogP contribution < -0.4 is 11.0 Å². The first kappa shape index (κ1) is 11.0. The normalized spacial score (nSPS) is 11.9. The Hall–Kier alpha value is -1.48. The van der Waals surface area contributed by atoms with Gasteiger partial charge in [-0.3, -0.25) is 4.79 Å². The molecule has 0 aliphatic rings. The molecule has 0 saturated heterocycles. The van der Waals surface area contributed by atoms with E-state index in [0.29, 0.717) is 22.2 Å². The number of aromatic amines is 1. The average molecular weight is 237 g/mol. The van der Waals surface area contributed by atoms with E-state index in [4.69, 9.17) is 0 Å². The molecule has 5 nitrogen and oxygen atoms in total. The van der Waals surface area contributed by atoms with Crippen LogP contribution in [-0.2, 0) is 4.57 Å². The number of pyridine rings is 1. The lowest BCUT2D eigenvalue weighted by molar-refractivity contribution is 0.588. The summed E-state index contributed by atoms with van der Waals surface area (Å²) in [6.45, 7) is 4.95. The molecule has 84 valence electrons. The van der Waals surface area contributed by atoms with Crippen molar-refractivity contribution in [2.45, 2.75) is 6.92 Å². The maximum absolute atomic E-state index is 12.1. The Kier molecular flexibility index (Phi) is 2.43. The van der Waals surface area contributed by atoms with Crippen LogP contribution in [0.2, 0.25) is 0 Å². The van der Waals surface area contributed by atoms with Gasteiger partial charge in [-0.1, -0.05) is 0 Å². The average Bonchev–Trinajstić information content (AvgIpc) is 2.17. The zero-order valence-corrected chi connectivity index (χ0v) is 10.2. The van der Waals surface area contributed by atoms with E-state index in [9.17, 15) is 9.36 Å². The third-order valence-electron chi connectivity index (χ3n) is 2.23. The van der Waals surface area contributed by atoms with Crippen LogP contribution in [0.15, 0.2) is 17.1 Å². The lowest BCUT2D eigenvalue weighted by Crippen LogP contribution is -2.18. The van der Waals surface area contributed by atoms with Crippen LogP contribution in [0.3, 0.4) is 0 Å². The van der Waals surface area contributed by atoms with Gasteiger partial charge >= 0.3 is 0 Å². The number of nitrogens with one attached hydrogen (secondary N) is 1. The first-order valence-corrected chi connectivity index (χ1v) is 7.41. The Morgan fingerprint density at radius 1 is 1.31 bits per heavy atom. The molecule has 0 amide bonds. The number of fused-ring (bicyclic) bond motifs is 1. The summed E-state index contributed by atoms with van der Waals surface area (Å²) in [6, 6.07) is 1.69. The van der Waals surface area contributed by atoms with E-state index < -0.39 is 7.14 Å². The second kappa shape index (κ2) is 3.52. The Morgan fingerprint density at radius 3 is 2.62 bits per heavy atom.